The van der Waals surface area contributed by atoms with E-state index in [0.717, 1.165) is 25.9 Å². The van der Waals surface area contributed by atoms with Gasteiger partial charge in [-0.3, -0.25) is 4.99 Å². The van der Waals surface area contributed by atoms with Crippen LogP contribution in [0.2, 0.25) is 0 Å². The molecule has 40 heavy (non-hydrogen) atoms. The molecule has 0 saturated heterocycles. The van der Waals surface area contributed by atoms with Gasteiger partial charge >= 0.3 is 0 Å². The van der Waals surface area contributed by atoms with Gasteiger partial charge in [0.25, 0.3) is 0 Å². The van der Waals surface area contributed by atoms with E-state index in [1.54, 1.807) is 0 Å². The molecule has 3 nitrogen and oxygen atoms in total. The van der Waals surface area contributed by atoms with Crippen molar-refractivity contribution in [3.8, 4) is 0 Å². The van der Waals surface area contributed by atoms with E-state index in [4.69, 9.17) is 0 Å². The van der Waals surface area contributed by atoms with Crippen LogP contribution in [0.1, 0.15) is 214 Å². The zero-order valence-electron chi connectivity index (χ0n) is 28.5. The zero-order valence-corrected chi connectivity index (χ0v) is 28.5. The van der Waals surface area contributed by atoms with E-state index in [-0.39, 0.29) is 6.61 Å². The van der Waals surface area contributed by atoms with E-state index < -0.39 is 0 Å². The van der Waals surface area contributed by atoms with E-state index >= 15 is 0 Å². The van der Waals surface area contributed by atoms with Crippen molar-refractivity contribution in [2.75, 3.05) is 19.7 Å². The summed E-state index contributed by atoms with van der Waals surface area (Å²) >= 11 is 0. The first-order valence-corrected chi connectivity index (χ1v) is 18.7. The molecule has 0 saturated carbocycles. The molecule has 1 aliphatic rings. The topological polar surface area (TPSA) is 44.3 Å². The molecule has 1 N–H and O–H groups in total. The minimum atomic E-state index is 0.123. The van der Waals surface area contributed by atoms with E-state index in [1.165, 1.54) is 179 Å². The maximum Gasteiger partial charge on any atom is 0.0964 e. The summed E-state index contributed by atoms with van der Waals surface area (Å²) in [6.45, 7) is 10.7. The van der Waals surface area contributed by atoms with Crippen LogP contribution in [0.5, 0.6) is 0 Å². The highest BCUT2D eigenvalue weighted by Crippen LogP contribution is 2.14. The Balaban J connectivity index is 0. The third-order valence-corrected chi connectivity index (χ3v) is 8.01. The normalized spacial score (nSPS) is 12.3. The van der Waals surface area contributed by atoms with Gasteiger partial charge < -0.3 is 5.32 Å². The van der Waals surface area contributed by atoms with Crippen molar-refractivity contribution in [3.05, 3.63) is 0 Å². The van der Waals surface area contributed by atoms with Gasteiger partial charge in [-0.25, -0.2) is 5.11 Å². The van der Waals surface area contributed by atoms with Gasteiger partial charge in [0.1, 0.15) is 0 Å². The minimum Gasteiger partial charge on any atom is -0.372 e. The molecule has 1 heterocycles. The Morgan fingerprint density at radius 2 is 0.775 bits per heavy atom. The number of hydrogen-bond donors (Lipinski definition) is 1. The summed E-state index contributed by atoms with van der Waals surface area (Å²) in [7, 11) is 0. The van der Waals surface area contributed by atoms with Crippen LogP contribution in [0, 0.1) is 0 Å². The van der Waals surface area contributed by atoms with Gasteiger partial charge in [-0.2, -0.15) is 0 Å². The van der Waals surface area contributed by atoms with E-state index in [1.807, 2.05) is 13.8 Å². The van der Waals surface area contributed by atoms with Crippen molar-refractivity contribution >= 4 is 5.84 Å². The number of unbranched alkanes of at least 4 members (excludes halogenated alkanes) is 26. The Morgan fingerprint density at radius 1 is 0.475 bits per heavy atom. The molecule has 0 spiro atoms. The largest absolute Gasteiger partial charge is 0.372 e. The molecule has 0 fully saturated rings. The molecule has 1 rings (SSSR count). The van der Waals surface area contributed by atoms with Crippen LogP contribution in [0.15, 0.2) is 4.99 Å². The van der Waals surface area contributed by atoms with Crippen molar-refractivity contribution in [1.82, 2.24) is 5.32 Å². The lowest BCUT2D eigenvalue weighted by molar-refractivity contribution is 0.186. The fourth-order valence-corrected chi connectivity index (χ4v) is 5.40. The third kappa shape index (κ3) is 37.4. The highest BCUT2D eigenvalue weighted by Gasteiger charge is 2.03. The molecular formula is C37H77N2O. The van der Waals surface area contributed by atoms with Crippen molar-refractivity contribution in [2.24, 2.45) is 4.99 Å². The molecule has 1 radical (unpaired) electrons. The third-order valence-electron chi connectivity index (χ3n) is 8.01. The molecule has 0 aromatic carbocycles. The Bertz CT molecular complexity index is 437. The van der Waals surface area contributed by atoms with Crippen molar-refractivity contribution in [3.63, 3.8) is 0 Å². The lowest BCUT2D eigenvalue weighted by Crippen LogP contribution is -2.17. The summed E-state index contributed by atoms with van der Waals surface area (Å²) in [4.78, 5) is 4.44. The van der Waals surface area contributed by atoms with Gasteiger partial charge in [0.05, 0.1) is 19.0 Å². The molecule has 0 atom stereocenters. The van der Waals surface area contributed by atoms with Crippen molar-refractivity contribution in [2.45, 2.75) is 214 Å². The second-order valence-electron chi connectivity index (χ2n) is 11.9. The predicted molar refractivity (Wildman–Crippen MR) is 182 cm³/mol. The molecule has 3 heteroatoms. The lowest BCUT2D eigenvalue weighted by Gasteiger charge is -2.04. The fraction of sp³-hybridized carbons (Fsp3) is 0.973. The summed E-state index contributed by atoms with van der Waals surface area (Å²) < 4.78 is 0. The predicted octanol–water partition coefficient (Wildman–Crippen LogP) is 12.8. The average molecular weight is 566 g/mol. The summed E-state index contributed by atoms with van der Waals surface area (Å²) in [6, 6.07) is 0. The Morgan fingerprint density at radius 3 is 1.05 bits per heavy atom. The quantitative estimate of drug-likeness (QED) is 0.0900. The average Bonchev–Trinajstić information content (AvgIpc) is 3.51. The Labute approximate surface area is 254 Å². The standard InChI is InChI=1S/C19H38N2.C16H33O.C2H6/c1-2-3-4-5-6-7-8-9-10-11-12-13-14-15-16-19-20-17-18-21-19;1-2-3-4-5-6-7-8-9-10-11-12-13-14-15-16-17;1-2/h2-18H2,1H3,(H,20,21);2-16H2,1H3;1-2H3. The second-order valence-corrected chi connectivity index (χ2v) is 11.9. The second kappa shape index (κ2) is 40.6. The van der Waals surface area contributed by atoms with Gasteiger partial charge in [-0.15, -0.1) is 0 Å². The van der Waals surface area contributed by atoms with E-state index in [0.29, 0.717) is 0 Å². The van der Waals surface area contributed by atoms with E-state index in [9.17, 15) is 5.11 Å². The van der Waals surface area contributed by atoms with Crippen LogP contribution in [0.4, 0.5) is 0 Å². The van der Waals surface area contributed by atoms with Crippen LogP contribution < -0.4 is 5.32 Å². The number of rotatable bonds is 29. The Hall–Kier alpha value is -0.570. The van der Waals surface area contributed by atoms with Crippen LogP contribution in [0.25, 0.3) is 0 Å². The van der Waals surface area contributed by atoms with Crippen molar-refractivity contribution < 1.29 is 5.11 Å². The zero-order chi connectivity index (χ0) is 29.6. The van der Waals surface area contributed by atoms with Gasteiger partial charge in [-0.05, 0) is 12.8 Å². The van der Waals surface area contributed by atoms with Crippen LogP contribution >= 0.6 is 0 Å². The number of aliphatic imine (C=N–C) groups is 1. The molecular weight excluding hydrogens is 488 g/mol. The first-order chi connectivity index (χ1) is 19.8. The molecule has 0 aromatic heterocycles. The molecule has 0 aliphatic carbocycles. The molecule has 0 bridgehead atoms. The maximum atomic E-state index is 10.2. The SMILES string of the molecule is CC.CCCCCCCCCCCCCCCCC1=NCCN1.CCCCCCCCCCCCCCCC[O]. The highest BCUT2D eigenvalue weighted by molar-refractivity contribution is 5.83. The number of hydrogen-bond acceptors (Lipinski definition) is 2. The summed E-state index contributed by atoms with van der Waals surface area (Å²) in [5, 5.41) is 13.6. The first-order valence-electron chi connectivity index (χ1n) is 18.7. The summed E-state index contributed by atoms with van der Waals surface area (Å²) in [5.74, 6) is 1.26. The molecule has 0 aromatic rings. The van der Waals surface area contributed by atoms with Gasteiger partial charge in [0, 0.05) is 13.0 Å². The number of amidine groups is 1. The molecule has 241 valence electrons. The van der Waals surface area contributed by atoms with Crippen LogP contribution in [-0.4, -0.2) is 25.5 Å². The summed E-state index contributed by atoms with van der Waals surface area (Å²) in [5.41, 5.74) is 0. The van der Waals surface area contributed by atoms with Gasteiger partial charge in [0.15, 0.2) is 0 Å². The smallest absolute Gasteiger partial charge is 0.0964 e. The maximum absolute atomic E-state index is 10.2. The highest BCUT2D eigenvalue weighted by atomic mass is 16.2. The van der Waals surface area contributed by atoms with Crippen molar-refractivity contribution in [1.29, 1.82) is 0 Å². The monoisotopic (exact) mass is 566 g/mol. The van der Waals surface area contributed by atoms with E-state index in [2.05, 4.69) is 24.2 Å². The van der Waals surface area contributed by atoms with Gasteiger partial charge in [0.2, 0.25) is 0 Å². The molecule has 1 aliphatic heterocycles. The molecule has 0 amide bonds. The first kappa shape index (κ1) is 41.6. The minimum absolute atomic E-state index is 0.123. The van der Waals surface area contributed by atoms with Crippen LogP contribution in [0.3, 0.4) is 0 Å². The summed E-state index contributed by atoms with van der Waals surface area (Å²) in [6.07, 6.45) is 40.1. The molecule has 0 unspecified atom stereocenters. The lowest BCUT2D eigenvalue weighted by atomic mass is 10.0. The Kier molecular flexibility index (Phi) is 42.2. The van der Waals surface area contributed by atoms with Crippen LogP contribution in [-0.2, 0) is 5.11 Å². The van der Waals surface area contributed by atoms with Gasteiger partial charge in [-0.1, -0.05) is 195 Å². The fourth-order valence-electron chi connectivity index (χ4n) is 5.40. The number of nitrogens with one attached hydrogen (secondary N) is 1. The number of nitrogens with zero attached hydrogens (tertiary/aromatic N) is 1.